The number of nitrogens with one attached hydrogen (secondary N) is 1. The van der Waals surface area contributed by atoms with Crippen molar-refractivity contribution < 1.29 is 34.1 Å². The van der Waals surface area contributed by atoms with Gasteiger partial charge in [-0.3, -0.25) is 19.8 Å². The van der Waals surface area contributed by atoms with Crippen LogP contribution in [0.5, 0.6) is 0 Å². The predicted molar refractivity (Wildman–Crippen MR) is 137 cm³/mol. The van der Waals surface area contributed by atoms with Crippen molar-refractivity contribution >= 4 is 23.6 Å². The maximum atomic E-state index is 13.8. The topological polar surface area (TPSA) is 136 Å². The first-order chi connectivity index (χ1) is 18.1. The molecule has 0 saturated carbocycles. The number of amides is 4. The lowest BCUT2D eigenvalue weighted by Gasteiger charge is -2.38. The Morgan fingerprint density at radius 2 is 1.74 bits per heavy atom. The van der Waals surface area contributed by atoms with Crippen molar-refractivity contribution in [2.45, 2.75) is 64.1 Å². The first-order valence-electron chi connectivity index (χ1n) is 12.7. The van der Waals surface area contributed by atoms with Gasteiger partial charge in [-0.2, -0.15) is 0 Å². The van der Waals surface area contributed by atoms with Crippen molar-refractivity contribution in [2.75, 3.05) is 13.2 Å². The normalized spacial score (nSPS) is 24.3. The highest BCUT2D eigenvalue weighted by Crippen LogP contribution is 2.39. The highest BCUT2D eigenvalue weighted by molar-refractivity contribution is 6.08. The molecule has 2 aliphatic rings. The van der Waals surface area contributed by atoms with E-state index in [1.54, 1.807) is 62.4 Å². The number of imide groups is 1. The largest absolute Gasteiger partial charge is 0.380 e. The highest BCUT2D eigenvalue weighted by atomic mass is 16.5. The Morgan fingerprint density at radius 1 is 1.08 bits per heavy atom. The summed E-state index contributed by atoms with van der Waals surface area (Å²) in [6.45, 7) is 5.66. The van der Waals surface area contributed by atoms with Crippen molar-refractivity contribution in [1.29, 1.82) is 0 Å². The molecule has 0 bridgehead atoms. The maximum absolute atomic E-state index is 13.8. The third-order valence-electron chi connectivity index (χ3n) is 7.22. The van der Waals surface area contributed by atoms with Gasteiger partial charge in [0, 0.05) is 18.5 Å². The van der Waals surface area contributed by atoms with Crippen LogP contribution in [0.15, 0.2) is 48.5 Å². The Kier molecular flexibility index (Phi) is 7.96. The Labute approximate surface area is 221 Å². The monoisotopic (exact) mass is 523 g/mol. The number of benzene rings is 2. The zero-order valence-electron chi connectivity index (χ0n) is 21.7. The smallest absolute Gasteiger partial charge is 0.328 e. The molecule has 2 fully saturated rings. The van der Waals surface area contributed by atoms with Gasteiger partial charge >= 0.3 is 12.1 Å². The van der Waals surface area contributed by atoms with Crippen LogP contribution in [0.25, 0.3) is 0 Å². The Bertz CT molecular complexity index is 1250. The molecule has 0 aromatic heterocycles. The number of aliphatic hydroxyl groups is 2. The highest BCUT2D eigenvalue weighted by Gasteiger charge is 2.59. The molecule has 4 atom stereocenters. The van der Waals surface area contributed by atoms with Crippen LogP contribution in [0, 0.1) is 13.8 Å². The van der Waals surface area contributed by atoms with E-state index in [1.807, 2.05) is 6.92 Å². The molecule has 2 saturated heterocycles. The van der Waals surface area contributed by atoms with E-state index in [2.05, 4.69) is 5.32 Å². The molecule has 38 heavy (non-hydrogen) atoms. The van der Waals surface area contributed by atoms with Crippen LogP contribution >= 0.6 is 0 Å². The van der Waals surface area contributed by atoms with Gasteiger partial charge in [-0.1, -0.05) is 61.9 Å². The first-order valence-corrected chi connectivity index (χ1v) is 12.7. The molecular formula is C28H33N3O7. The van der Waals surface area contributed by atoms with E-state index >= 15 is 0 Å². The van der Waals surface area contributed by atoms with Gasteiger partial charge in [0.1, 0.15) is 19.0 Å². The lowest BCUT2D eigenvalue weighted by molar-refractivity contribution is -0.149. The zero-order chi connectivity index (χ0) is 27.6. The summed E-state index contributed by atoms with van der Waals surface area (Å²) in [7, 11) is 0. The molecule has 2 aromatic carbocycles. The molecule has 202 valence electrons. The number of unbranched alkanes of at least 4 members (excludes halogenated alkanes) is 1. The predicted octanol–water partition coefficient (Wildman–Crippen LogP) is 2.84. The quantitative estimate of drug-likeness (QED) is 0.430. The summed E-state index contributed by atoms with van der Waals surface area (Å²) >= 11 is 0. The van der Waals surface area contributed by atoms with Crippen molar-refractivity contribution in [3.05, 3.63) is 70.8 Å². The van der Waals surface area contributed by atoms with Crippen LogP contribution < -0.4 is 5.32 Å². The third kappa shape index (κ3) is 5.07. The molecule has 3 N–H and O–H groups in total. The Hall–Kier alpha value is -3.60. The van der Waals surface area contributed by atoms with Crippen LogP contribution in [-0.4, -0.2) is 74.8 Å². The summed E-state index contributed by atoms with van der Waals surface area (Å²) < 4.78 is 5.95. The molecular weight excluding hydrogens is 490 g/mol. The van der Waals surface area contributed by atoms with E-state index in [0.29, 0.717) is 29.7 Å². The number of nitrogens with zero attached hydrogens (tertiary/aromatic N) is 2. The number of ketones is 2. The minimum absolute atomic E-state index is 0.134. The molecule has 4 rings (SSSR count). The summed E-state index contributed by atoms with van der Waals surface area (Å²) in [5.74, 6) is -1.65. The number of aliphatic hydroxyl groups excluding tert-OH is 1. The van der Waals surface area contributed by atoms with Crippen LogP contribution in [0.3, 0.4) is 0 Å². The second kappa shape index (κ2) is 11.0. The lowest BCUT2D eigenvalue weighted by atomic mass is 9.81. The van der Waals surface area contributed by atoms with Crippen LogP contribution in [0.1, 0.15) is 59.3 Å². The van der Waals surface area contributed by atoms with E-state index in [1.165, 1.54) is 9.80 Å². The van der Waals surface area contributed by atoms with Crippen LogP contribution in [0.4, 0.5) is 9.59 Å². The first kappa shape index (κ1) is 27.4. The summed E-state index contributed by atoms with van der Waals surface area (Å²) in [4.78, 5) is 55.1. The summed E-state index contributed by atoms with van der Waals surface area (Å²) in [5, 5.41) is 25.1. The standard InChI is InChI=1S/C28H33N3O7/c1-4-5-14-30-16-31(27(36)29-26(30)35)21-15-28(37,24(34)20-13-9-7-11-18(20)3)25(38-21)23(33)22(32)19-12-8-6-10-17(19)2/h6-13,21-22,25,32,37H,4-5,14-16H2,1-3H3,(H,29,35,36)/t21-,22?,25-,28-/m1/s1. The number of Topliss-reactive ketones (excluding diaryl/α,β-unsaturated/α-hetero) is 2. The van der Waals surface area contributed by atoms with Crippen molar-refractivity contribution in [3.63, 3.8) is 0 Å². The molecule has 0 spiro atoms. The fourth-order valence-corrected chi connectivity index (χ4v) is 4.94. The average Bonchev–Trinajstić information content (AvgIpc) is 3.25. The number of carbonyl (C=O) groups is 4. The number of carbonyl (C=O) groups excluding carboxylic acids is 4. The molecule has 4 amide bonds. The molecule has 0 radical (unpaired) electrons. The van der Waals surface area contributed by atoms with Gasteiger partial charge in [-0.25, -0.2) is 9.59 Å². The summed E-state index contributed by atoms with van der Waals surface area (Å²) in [5.41, 5.74) is -0.607. The fraction of sp³-hybridized carbons (Fsp3) is 0.429. The number of ether oxygens (including phenoxy) is 1. The average molecular weight is 524 g/mol. The number of hydrogen-bond acceptors (Lipinski definition) is 7. The van der Waals surface area contributed by atoms with Crippen LogP contribution in [-0.2, 0) is 9.53 Å². The van der Waals surface area contributed by atoms with Gasteiger partial charge in [0.15, 0.2) is 23.3 Å². The van der Waals surface area contributed by atoms with Crippen molar-refractivity contribution in [2.24, 2.45) is 0 Å². The molecule has 2 aliphatic heterocycles. The van der Waals surface area contributed by atoms with E-state index in [9.17, 15) is 29.4 Å². The third-order valence-corrected chi connectivity index (χ3v) is 7.22. The number of aryl methyl sites for hydroxylation is 2. The van der Waals surface area contributed by atoms with Crippen LogP contribution in [0.2, 0.25) is 0 Å². The van der Waals surface area contributed by atoms with Gasteiger partial charge in [-0.15, -0.1) is 0 Å². The lowest BCUT2D eigenvalue weighted by Crippen LogP contribution is -2.62. The van der Waals surface area contributed by atoms with Gasteiger partial charge in [0.2, 0.25) is 0 Å². The van der Waals surface area contributed by atoms with Gasteiger partial charge < -0.3 is 19.8 Å². The minimum atomic E-state index is -2.37. The van der Waals surface area contributed by atoms with E-state index < -0.39 is 54.1 Å². The van der Waals surface area contributed by atoms with Crippen molar-refractivity contribution in [3.8, 4) is 0 Å². The fourth-order valence-electron chi connectivity index (χ4n) is 4.94. The molecule has 2 aromatic rings. The molecule has 10 nitrogen and oxygen atoms in total. The summed E-state index contributed by atoms with van der Waals surface area (Å²) in [6, 6.07) is 12.1. The van der Waals surface area contributed by atoms with E-state index in [0.717, 1.165) is 6.42 Å². The molecule has 2 heterocycles. The van der Waals surface area contributed by atoms with E-state index in [4.69, 9.17) is 4.74 Å². The summed E-state index contributed by atoms with van der Waals surface area (Å²) in [6.07, 6.45) is -3.52. The zero-order valence-corrected chi connectivity index (χ0v) is 21.7. The minimum Gasteiger partial charge on any atom is -0.380 e. The SMILES string of the molecule is CCCCN1CN([C@H]2C[C@@](O)(C(=O)c3ccccc3C)[C@@H](C(=O)C(O)c3ccccc3C)O2)C(=O)NC1=O. The van der Waals surface area contributed by atoms with Crippen molar-refractivity contribution in [1.82, 2.24) is 15.1 Å². The molecule has 10 heteroatoms. The number of rotatable bonds is 9. The molecule has 0 aliphatic carbocycles. The Balaban J connectivity index is 1.69. The van der Waals surface area contributed by atoms with Gasteiger partial charge in [0.05, 0.1) is 0 Å². The molecule has 1 unspecified atom stereocenters. The number of urea groups is 2. The second-order valence-corrected chi connectivity index (χ2v) is 9.87. The second-order valence-electron chi connectivity index (χ2n) is 9.87. The van der Waals surface area contributed by atoms with Gasteiger partial charge in [-0.05, 0) is 37.0 Å². The Morgan fingerprint density at radius 3 is 2.39 bits per heavy atom. The maximum Gasteiger partial charge on any atom is 0.328 e. The van der Waals surface area contributed by atoms with E-state index in [-0.39, 0.29) is 12.2 Å². The number of hydrogen-bond donors (Lipinski definition) is 3. The van der Waals surface area contributed by atoms with Gasteiger partial charge in [0.25, 0.3) is 0 Å².